The van der Waals surface area contributed by atoms with Crippen LogP contribution in [0, 0.1) is 5.82 Å². The van der Waals surface area contributed by atoms with Crippen molar-refractivity contribution in [3.63, 3.8) is 0 Å². The Hall–Kier alpha value is -5.05. The summed E-state index contributed by atoms with van der Waals surface area (Å²) in [5.41, 5.74) is 0.629. The second-order valence-corrected chi connectivity index (χ2v) is 12.7. The molecule has 0 unspecified atom stereocenters. The zero-order valence-corrected chi connectivity index (χ0v) is 26.8. The lowest BCUT2D eigenvalue weighted by Crippen LogP contribution is -2.57. The van der Waals surface area contributed by atoms with Crippen LogP contribution in [0.1, 0.15) is 46.4 Å². The molecule has 1 N–H and O–H groups in total. The molecule has 1 aliphatic heterocycles. The molecule has 6 rings (SSSR count). The molecule has 0 radical (unpaired) electrons. The lowest BCUT2D eigenvalue weighted by molar-refractivity contribution is -0.0225. The van der Waals surface area contributed by atoms with Gasteiger partial charge in [-0.3, -0.25) is 0 Å². The van der Waals surface area contributed by atoms with Crippen LogP contribution in [0.2, 0.25) is 0 Å². The Morgan fingerprint density at radius 2 is 1.93 bits per heavy atom. The number of ether oxygens (including phenoxy) is 4. The summed E-state index contributed by atoms with van der Waals surface area (Å²) in [5.74, 6) is 1.85. The van der Waals surface area contributed by atoms with E-state index in [4.69, 9.17) is 23.4 Å². The van der Waals surface area contributed by atoms with Crippen LogP contribution in [-0.4, -0.2) is 68.0 Å². The first-order valence-electron chi connectivity index (χ1n) is 14.5. The number of hydrogen-bond acceptors (Lipinski definition) is 13. The summed E-state index contributed by atoms with van der Waals surface area (Å²) in [7, 11) is 1.53. The number of rotatable bonds is 9. The summed E-state index contributed by atoms with van der Waals surface area (Å²) >= 11 is 1.22. The van der Waals surface area contributed by atoms with Crippen molar-refractivity contribution in [2.24, 2.45) is 0 Å². The second kappa shape index (κ2) is 12.4. The van der Waals surface area contributed by atoms with Crippen LogP contribution >= 0.6 is 11.3 Å². The van der Waals surface area contributed by atoms with Crippen molar-refractivity contribution in [2.75, 3.05) is 25.5 Å². The van der Waals surface area contributed by atoms with Gasteiger partial charge in [0.1, 0.15) is 41.1 Å². The number of aromatic nitrogens is 5. The van der Waals surface area contributed by atoms with Crippen LogP contribution in [0.5, 0.6) is 22.4 Å². The van der Waals surface area contributed by atoms with Gasteiger partial charge in [-0.2, -0.15) is 4.98 Å². The van der Waals surface area contributed by atoms with Gasteiger partial charge in [0.25, 0.3) is 11.1 Å². The summed E-state index contributed by atoms with van der Waals surface area (Å²) < 4.78 is 43.9. The quantitative estimate of drug-likeness (QED) is 0.176. The molecule has 0 spiro atoms. The minimum absolute atomic E-state index is 0.0929. The van der Waals surface area contributed by atoms with E-state index in [0.717, 1.165) is 0 Å². The number of anilines is 2. The maximum absolute atomic E-state index is 15.3. The number of carbonyl (C=O) groups is 1. The van der Waals surface area contributed by atoms with Crippen LogP contribution in [0.25, 0.3) is 22.5 Å². The fourth-order valence-electron chi connectivity index (χ4n) is 4.45. The minimum atomic E-state index is -0.582. The number of hydrogen-bond donors (Lipinski definition) is 1. The molecule has 5 aromatic rings. The second-order valence-electron chi connectivity index (χ2n) is 11.8. The largest absolute Gasteiger partial charge is 0.493 e. The first-order chi connectivity index (χ1) is 22.0. The third-order valence-corrected chi connectivity index (χ3v) is 7.47. The molecule has 1 aliphatic rings. The lowest BCUT2D eigenvalue weighted by Gasteiger charge is -2.39. The number of nitrogens with one attached hydrogen (secondary N) is 1. The molecule has 240 valence electrons. The summed E-state index contributed by atoms with van der Waals surface area (Å²) in [6.45, 7) is 10.1. The van der Waals surface area contributed by atoms with E-state index >= 15 is 4.39 Å². The molecule has 13 nitrogen and oxygen atoms in total. The highest BCUT2D eigenvalue weighted by molar-refractivity contribution is 7.11. The molecule has 46 heavy (non-hydrogen) atoms. The highest BCUT2D eigenvalue weighted by Crippen LogP contribution is 2.37. The van der Waals surface area contributed by atoms with Crippen LogP contribution in [-0.2, 0) is 4.74 Å². The number of amides is 1. The molecular formula is C31H32FN7O6S. The van der Waals surface area contributed by atoms with E-state index in [2.05, 4.69) is 30.5 Å². The Morgan fingerprint density at radius 1 is 1.13 bits per heavy atom. The fraction of sp³-hybridized carbons (Fsp3) is 0.355. The van der Waals surface area contributed by atoms with Gasteiger partial charge in [-0.1, -0.05) is 25.2 Å². The Labute approximate surface area is 267 Å². The molecule has 0 aliphatic carbocycles. The Kier molecular flexibility index (Phi) is 8.34. The van der Waals surface area contributed by atoms with E-state index in [1.54, 1.807) is 34.5 Å². The first kappa shape index (κ1) is 31.0. The van der Waals surface area contributed by atoms with Gasteiger partial charge in [0.05, 0.1) is 31.4 Å². The molecule has 1 fully saturated rings. The Morgan fingerprint density at radius 3 is 2.63 bits per heavy atom. The van der Waals surface area contributed by atoms with E-state index in [0.29, 0.717) is 64.0 Å². The average molecular weight is 650 g/mol. The number of fused-ring (bicyclic) bond motifs is 1. The molecule has 0 bridgehead atoms. The third-order valence-electron chi connectivity index (χ3n) is 6.75. The van der Waals surface area contributed by atoms with Crippen molar-refractivity contribution in [3.8, 4) is 34.0 Å². The summed E-state index contributed by atoms with van der Waals surface area (Å²) in [4.78, 5) is 27.0. The van der Waals surface area contributed by atoms with Crippen LogP contribution < -0.4 is 19.5 Å². The van der Waals surface area contributed by atoms with Crippen LogP contribution in [0.3, 0.4) is 0 Å². The molecule has 1 saturated heterocycles. The van der Waals surface area contributed by atoms with Crippen molar-refractivity contribution in [1.82, 2.24) is 30.0 Å². The molecule has 0 atom stereocenters. The molecule has 1 amide bonds. The Bertz CT molecular complexity index is 1880. The van der Waals surface area contributed by atoms with Gasteiger partial charge >= 0.3 is 6.09 Å². The maximum atomic E-state index is 15.3. The van der Waals surface area contributed by atoms with Gasteiger partial charge in [-0.15, -0.1) is 10.2 Å². The minimum Gasteiger partial charge on any atom is -0.493 e. The summed E-state index contributed by atoms with van der Waals surface area (Å²) in [6.07, 6.45) is 0.720. The molecular weight excluding hydrogens is 617 g/mol. The van der Waals surface area contributed by atoms with Crippen molar-refractivity contribution in [3.05, 3.63) is 53.7 Å². The van der Waals surface area contributed by atoms with Crippen molar-refractivity contribution in [2.45, 2.75) is 52.2 Å². The molecule has 2 aromatic carbocycles. The number of halogens is 1. The number of nitrogens with zero attached hydrogens (tertiary/aromatic N) is 6. The topological polar surface area (TPSA) is 147 Å². The highest BCUT2D eigenvalue weighted by atomic mass is 32.1. The van der Waals surface area contributed by atoms with Gasteiger partial charge in [-0.05, 0) is 39.0 Å². The van der Waals surface area contributed by atoms with Crippen LogP contribution in [0.4, 0.5) is 20.7 Å². The fourth-order valence-corrected chi connectivity index (χ4v) is 5.11. The van der Waals surface area contributed by atoms with E-state index in [-0.39, 0.29) is 23.5 Å². The molecule has 3 aromatic heterocycles. The maximum Gasteiger partial charge on any atom is 0.410 e. The molecule has 4 heterocycles. The Balaban J connectivity index is 1.15. The molecule has 0 saturated carbocycles. The van der Waals surface area contributed by atoms with Gasteiger partial charge in [0.15, 0.2) is 11.5 Å². The summed E-state index contributed by atoms with van der Waals surface area (Å²) in [6, 6.07) is 7.86. The number of benzene rings is 2. The number of carbonyl (C=O) groups excluding carboxylic acids is 1. The summed E-state index contributed by atoms with van der Waals surface area (Å²) in [5, 5.41) is 13.7. The normalized spacial score (nSPS) is 13.5. The van der Waals surface area contributed by atoms with Crippen molar-refractivity contribution in [1.29, 1.82) is 0 Å². The van der Waals surface area contributed by atoms with Gasteiger partial charge in [0.2, 0.25) is 5.89 Å². The van der Waals surface area contributed by atoms with Gasteiger partial charge < -0.3 is 33.6 Å². The average Bonchev–Trinajstić information content (AvgIpc) is 3.65. The standard InChI is InChI=1S/C31H32FN7O6S/c1-16(2)27-37-38-28(44-27)23-14-46-29(36-23)43-17-7-8-21(20(32)9-17)35-26-19-10-25(24(41-6)11-22(19)33-15-34-26)42-18-12-39(13-18)30(40)45-31(3,4)5/h7-11,14-16,18H,12-13H2,1-6H3,(H,33,34,35). The van der Waals surface area contributed by atoms with Crippen molar-refractivity contribution < 1.29 is 32.5 Å². The lowest BCUT2D eigenvalue weighted by atomic mass is 10.1. The van der Waals surface area contributed by atoms with E-state index in [1.165, 1.54) is 30.8 Å². The predicted octanol–water partition coefficient (Wildman–Crippen LogP) is 6.94. The third kappa shape index (κ3) is 6.78. The smallest absolute Gasteiger partial charge is 0.410 e. The number of likely N-dealkylation sites (tertiary alicyclic amines) is 1. The zero-order valence-electron chi connectivity index (χ0n) is 26.0. The highest BCUT2D eigenvalue weighted by Gasteiger charge is 2.35. The van der Waals surface area contributed by atoms with Gasteiger partial charge in [0, 0.05) is 28.8 Å². The van der Waals surface area contributed by atoms with Crippen LogP contribution in [0.15, 0.2) is 46.5 Å². The SMILES string of the molecule is COc1cc2ncnc(Nc3ccc(Oc4nc(-c5nnc(C(C)C)o5)cs4)cc3F)c2cc1OC1CN(C(=O)OC(C)(C)C)C1. The molecule has 15 heteroatoms. The monoisotopic (exact) mass is 649 g/mol. The van der Waals surface area contributed by atoms with E-state index in [9.17, 15) is 4.79 Å². The van der Waals surface area contributed by atoms with Crippen molar-refractivity contribution >= 4 is 39.8 Å². The number of methoxy groups -OCH3 is 1. The van der Waals surface area contributed by atoms with E-state index < -0.39 is 17.5 Å². The zero-order chi connectivity index (χ0) is 32.6. The number of thiazole rings is 1. The first-order valence-corrected chi connectivity index (χ1v) is 15.3. The predicted molar refractivity (Wildman–Crippen MR) is 168 cm³/mol. The van der Waals surface area contributed by atoms with E-state index in [1.807, 2.05) is 34.6 Å². The van der Waals surface area contributed by atoms with Gasteiger partial charge in [-0.25, -0.2) is 19.2 Å².